The number of hydrogen-bond acceptors (Lipinski definition) is 2. The number of phenolic OH excluding ortho intramolecular Hbond substituents is 1. The molecule has 1 amide bonds. The molecule has 1 aromatic carbocycles. The minimum Gasteiger partial charge on any atom is -0.508 e. The molecule has 0 bridgehead atoms. The molecule has 1 N–H and O–H groups in total. The summed E-state index contributed by atoms with van der Waals surface area (Å²) >= 11 is 3.36. The summed E-state index contributed by atoms with van der Waals surface area (Å²) in [5.41, 5.74) is 1.14. The van der Waals surface area contributed by atoms with Crippen LogP contribution in [0, 0.1) is 0 Å². The zero-order valence-electron chi connectivity index (χ0n) is 8.90. The van der Waals surface area contributed by atoms with Gasteiger partial charge in [0, 0.05) is 13.1 Å². The lowest BCUT2D eigenvalue weighted by atomic mass is 10.1. The third-order valence-electron chi connectivity index (χ3n) is 2.84. The van der Waals surface area contributed by atoms with E-state index in [1.165, 1.54) is 0 Å². The molecule has 3 nitrogen and oxygen atoms in total. The average molecular weight is 284 g/mol. The molecule has 1 unspecified atom stereocenters. The SMILES string of the molecule is O=C1C(Br)CCN1CCc1ccc(O)cc1. The largest absolute Gasteiger partial charge is 0.508 e. The molecule has 1 atom stereocenters. The summed E-state index contributed by atoms with van der Waals surface area (Å²) in [6.45, 7) is 1.60. The molecule has 2 rings (SSSR count). The summed E-state index contributed by atoms with van der Waals surface area (Å²) in [5.74, 6) is 0.472. The zero-order chi connectivity index (χ0) is 11.5. The van der Waals surface area contributed by atoms with Crippen LogP contribution in [-0.4, -0.2) is 33.8 Å². The number of aromatic hydroxyl groups is 1. The lowest BCUT2D eigenvalue weighted by Gasteiger charge is -2.15. The van der Waals surface area contributed by atoms with E-state index in [9.17, 15) is 4.79 Å². The number of hydrogen-bond donors (Lipinski definition) is 1. The van der Waals surface area contributed by atoms with E-state index in [0.717, 1.165) is 31.5 Å². The standard InChI is InChI=1S/C12H14BrNO2/c13-11-6-8-14(12(11)16)7-5-9-1-3-10(15)4-2-9/h1-4,11,15H,5-8H2. The molecule has 1 fully saturated rings. The van der Waals surface area contributed by atoms with Crippen LogP contribution in [0.4, 0.5) is 0 Å². The third-order valence-corrected chi connectivity index (χ3v) is 3.69. The van der Waals surface area contributed by atoms with Gasteiger partial charge in [0.1, 0.15) is 5.75 Å². The Kier molecular flexibility index (Phi) is 3.49. The molecule has 0 aromatic heterocycles. The summed E-state index contributed by atoms with van der Waals surface area (Å²) in [4.78, 5) is 13.5. The van der Waals surface area contributed by atoms with Crippen LogP contribution >= 0.6 is 15.9 Å². The number of phenols is 1. The highest BCUT2D eigenvalue weighted by Crippen LogP contribution is 2.19. The first kappa shape index (κ1) is 11.5. The number of carbonyl (C=O) groups excluding carboxylic acids is 1. The number of likely N-dealkylation sites (tertiary alicyclic amines) is 1. The van der Waals surface area contributed by atoms with Crippen LogP contribution in [0.5, 0.6) is 5.75 Å². The van der Waals surface area contributed by atoms with Gasteiger partial charge in [0.2, 0.25) is 5.91 Å². The van der Waals surface area contributed by atoms with Crippen molar-refractivity contribution >= 4 is 21.8 Å². The Hall–Kier alpha value is -1.03. The Bertz CT molecular complexity index is 377. The van der Waals surface area contributed by atoms with E-state index in [4.69, 9.17) is 5.11 Å². The third kappa shape index (κ3) is 2.55. The summed E-state index contributed by atoms with van der Waals surface area (Å²) < 4.78 is 0. The molecule has 86 valence electrons. The van der Waals surface area contributed by atoms with Gasteiger partial charge in [-0.25, -0.2) is 0 Å². The van der Waals surface area contributed by atoms with Gasteiger partial charge in [-0.1, -0.05) is 28.1 Å². The Morgan fingerprint density at radius 1 is 1.38 bits per heavy atom. The van der Waals surface area contributed by atoms with E-state index in [2.05, 4.69) is 15.9 Å². The first-order valence-electron chi connectivity index (χ1n) is 5.37. The molecule has 0 radical (unpaired) electrons. The maximum Gasteiger partial charge on any atom is 0.236 e. The molecule has 0 spiro atoms. The molecule has 4 heteroatoms. The Labute approximate surface area is 103 Å². The Morgan fingerprint density at radius 2 is 2.06 bits per heavy atom. The highest BCUT2D eigenvalue weighted by Gasteiger charge is 2.28. The first-order chi connectivity index (χ1) is 7.66. The Morgan fingerprint density at radius 3 is 2.62 bits per heavy atom. The summed E-state index contributed by atoms with van der Waals surface area (Å²) in [7, 11) is 0. The van der Waals surface area contributed by atoms with Gasteiger partial charge in [0.15, 0.2) is 0 Å². The second kappa shape index (κ2) is 4.87. The molecule has 1 aliphatic heterocycles. The highest BCUT2D eigenvalue weighted by molar-refractivity contribution is 9.10. The number of halogens is 1. The number of rotatable bonds is 3. The first-order valence-corrected chi connectivity index (χ1v) is 6.29. The molecule has 0 aliphatic carbocycles. The number of carbonyl (C=O) groups is 1. The molecule has 1 saturated heterocycles. The number of alkyl halides is 1. The lowest BCUT2D eigenvalue weighted by Crippen LogP contribution is -2.29. The minimum absolute atomic E-state index is 0.00678. The normalized spacial score (nSPS) is 20.4. The van der Waals surface area contributed by atoms with Crippen molar-refractivity contribution in [3.05, 3.63) is 29.8 Å². The van der Waals surface area contributed by atoms with Gasteiger partial charge in [-0.05, 0) is 30.5 Å². The molecule has 1 aromatic rings. The summed E-state index contributed by atoms with van der Waals surface area (Å²) in [6.07, 6.45) is 1.74. The quantitative estimate of drug-likeness (QED) is 0.862. The zero-order valence-corrected chi connectivity index (χ0v) is 10.5. The maximum absolute atomic E-state index is 11.6. The number of benzene rings is 1. The molecule has 1 aliphatic rings. The lowest BCUT2D eigenvalue weighted by molar-refractivity contribution is -0.127. The summed E-state index contributed by atoms with van der Waals surface area (Å²) in [5, 5.41) is 9.14. The molecule has 16 heavy (non-hydrogen) atoms. The van der Waals surface area contributed by atoms with Gasteiger partial charge >= 0.3 is 0 Å². The van der Waals surface area contributed by atoms with Crippen molar-refractivity contribution in [3.63, 3.8) is 0 Å². The predicted molar refractivity (Wildman–Crippen MR) is 65.7 cm³/mol. The Balaban J connectivity index is 1.88. The van der Waals surface area contributed by atoms with Crippen molar-refractivity contribution < 1.29 is 9.90 Å². The molecule has 0 saturated carbocycles. The van der Waals surface area contributed by atoms with Gasteiger partial charge in [-0.2, -0.15) is 0 Å². The molecule has 1 heterocycles. The second-order valence-electron chi connectivity index (χ2n) is 4.00. The van der Waals surface area contributed by atoms with E-state index in [1.807, 2.05) is 17.0 Å². The second-order valence-corrected chi connectivity index (χ2v) is 5.10. The van der Waals surface area contributed by atoms with E-state index >= 15 is 0 Å². The van der Waals surface area contributed by atoms with Crippen LogP contribution in [0.2, 0.25) is 0 Å². The van der Waals surface area contributed by atoms with Gasteiger partial charge < -0.3 is 10.0 Å². The van der Waals surface area contributed by atoms with Crippen LogP contribution in [0.25, 0.3) is 0 Å². The predicted octanol–water partition coefficient (Wildman–Crippen LogP) is 1.93. The average Bonchev–Trinajstić information content (AvgIpc) is 2.60. The van der Waals surface area contributed by atoms with Crippen molar-refractivity contribution in [2.24, 2.45) is 0 Å². The van der Waals surface area contributed by atoms with Crippen molar-refractivity contribution in [1.82, 2.24) is 4.90 Å². The minimum atomic E-state index is 0.00678. The van der Waals surface area contributed by atoms with Crippen LogP contribution < -0.4 is 0 Å². The fourth-order valence-electron chi connectivity index (χ4n) is 1.85. The highest BCUT2D eigenvalue weighted by atomic mass is 79.9. The fraction of sp³-hybridized carbons (Fsp3) is 0.417. The number of amides is 1. The fourth-order valence-corrected chi connectivity index (χ4v) is 2.34. The van der Waals surface area contributed by atoms with Gasteiger partial charge in [0.05, 0.1) is 4.83 Å². The van der Waals surface area contributed by atoms with Gasteiger partial charge in [-0.15, -0.1) is 0 Å². The van der Waals surface area contributed by atoms with E-state index < -0.39 is 0 Å². The van der Waals surface area contributed by atoms with Crippen LogP contribution in [0.1, 0.15) is 12.0 Å². The van der Waals surface area contributed by atoms with Crippen LogP contribution in [0.15, 0.2) is 24.3 Å². The van der Waals surface area contributed by atoms with Crippen molar-refractivity contribution in [1.29, 1.82) is 0 Å². The molecular formula is C12H14BrNO2. The molecular weight excluding hydrogens is 270 g/mol. The van der Waals surface area contributed by atoms with Gasteiger partial charge in [0.25, 0.3) is 0 Å². The van der Waals surface area contributed by atoms with Crippen molar-refractivity contribution in [2.75, 3.05) is 13.1 Å². The van der Waals surface area contributed by atoms with Crippen LogP contribution in [-0.2, 0) is 11.2 Å². The smallest absolute Gasteiger partial charge is 0.236 e. The van der Waals surface area contributed by atoms with E-state index in [1.54, 1.807) is 12.1 Å². The maximum atomic E-state index is 11.6. The van der Waals surface area contributed by atoms with Crippen molar-refractivity contribution in [2.45, 2.75) is 17.7 Å². The monoisotopic (exact) mass is 283 g/mol. The van der Waals surface area contributed by atoms with Crippen molar-refractivity contribution in [3.8, 4) is 5.75 Å². The van der Waals surface area contributed by atoms with Gasteiger partial charge in [-0.3, -0.25) is 4.79 Å². The van der Waals surface area contributed by atoms with Crippen LogP contribution in [0.3, 0.4) is 0 Å². The van der Waals surface area contributed by atoms with E-state index in [0.29, 0.717) is 0 Å². The van der Waals surface area contributed by atoms with E-state index in [-0.39, 0.29) is 16.5 Å². The summed E-state index contributed by atoms with van der Waals surface area (Å²) in [6, 6.07) is 7.13. The number of nitrogens with zero attached hydrogens (tertiary/aromatic N) is 1. The topological polar surface area (TPSA) is 40.5 Å².